The number of nitrogens with one attached hydrogen (secondary N) is 1. The molecule has 8 heteroatoms. The third-order valence-electron chi connectivity index (χ3n) is 2.99. The molecule has 1 heterocycles. The number of alkyl halides is 3. The number of carbonyl (C=O) groups excluding carboxylic acids is 1. The standard InChI is InChI=1S/C14H14ClF2N3O2/c1-9-3-2-4-11(22-14(16)17)13(9)20(12(21)7-15)8-10-5-6-18-19-10/h2-6,14H,7-8H2,1H3,(H,18,19). The van der Waals surface area contributed by atoms with Gasteiger partial charge in [-0.2, -0.15) is 13.9 Å². The number of carbonyl (C=O) groups is 1. The third kappa shape index (κ3) is 3.73. The molecule has 0 aliphatic heterocycles. The Hall–Kier alpha value is -2.15. The predicted octanol–water partition coefficient (Wildman–Crippen LogP) is 3.09. The lowest BCUT2D eigenvalue weighted by Crippen LogP contribution is -2.32. The second-order valence-corrected chi connectivity index (χ2v) is 4.76. The van der Waals surface area contributed by atoms with Crippen molar-refractivity contribution in [3.63, 3.8) is 0 Å². The highest BCUT2D eigenvalue weighted by Crippen LogP contribution is 2.34. The minimum atomic E-state index is -2.99. The number of aromatic nitrogens is 2. The number of amides is 1. The van der Waals surface area contributed by atoms with Gasteiger partial charge in [-0.3, -0.25) is 9.89 Å². The number of para-hydroxylation sites is 1. The molecule has 0 radical (unpaired) electrons. The molecule has 1 N–H and O–H groups in total. The molecule has 1 aromatic carbocycles. The van der Waals surface area contributed by atoms with Gasteiger partial charge in [0.25, 0.3) is 0 Å². The molecule has 2 aromatic rings. The van der Waals surface area contributed by atoms with E-state index in [4.69, 9.17) is 11.6 Å². The second kappa shape index (κ2) is 7.22. The quantitative estimate of drug-likeness (QED) is 0.828. The van der Waals surface area contributed by atoms with Gasteiger partial charge >= 0.3 is 6.61 Å². The fraction of sp³-hybridized carbons (Fsp3) is 0.286. The number of ether oxygens (including phenoxy) is 1. The first kappa shape index (κ1) is 16.2. The summed E-state index contributed by atoms with van der Waals surface area (Å²) >= 11 is 5.64. The SMILES string of the molecule is Cc1cccc(OC(F)F)c1N(Cc1ccn[nH]1)C(=O)CCl. The molecule has 1 aromatic heterocycles. The van der Waals surface area contributed by atoms with Gasteiger partial charge in [-0.05, 0) is 24.6 Å². The van der Waals surface area contributed by atoms with Crippen LogP contribution in [0.3, 0.4) is 0 Å². The first-order chi connectivity index (χ1) is 10.5. The highest BCUT2D eigenvalue weighted by molar-refractivity contribution is 6.29. The number of H-pyrrole nitrogens is 1. The lowest BCUT2D eigenvalue weighted by Gasteiger charge is -2.25. The molecule has 1 amide bonds. The van der Waals surface area contributed by atoms with Crippen molar-refractivity contribution in [3.05, 3.63) is 41.7 Å². The minimum absolute atomic E-state index is 0.0759. The van der Waals surface area contributed by atoms with Gasteiger partial charge in [0.15, 0.2) is 0 Å². The van der Waals surface area contributed by atoms with Crippen molar-refractivity contribution >= 4 is 23.2 Å². The number of rotatable bonds is 6. The van der Waals surface area contributed by atoms with Gasteiger partial charge in [-0.15, -0.1) is 11.6 Å². The van der Waals surface area contributed by atoms with E-state index in [1.165, 1.54) is 17.2 Å². The smallest absolute Gasteiger partial charge is 0.387 e. The largest absolute Gasteiger partial charge is 0.433 e. The predicted molar refractivity (Wildman–Crippen MR) is 78.3 cm³/mol. The normalized spacial score (nSPS) is 10.8. The number of aryl methyl sites for hydroxylation is 1. The van der Waals surface area contributed by atoms with Crippen LogP contribution >= 0.6 is 11.6 Å². The number of hydrogen-bond acceptors (Lipinski definition) is 3. The Bertz CT molecular complexity index is 635. The van der Waals surface area contributed by atoms with E-state index in [2.05, 4.69) is 14.9 Å². The first-order valence-corrected chi connectivity index (χ1v) is 6.95. The summed E-state index contributed by atoms with van der Waals surface area (Å²) in [5, 5.41) is 6.52. The fourth-order valence-electron chi connectivity index (χ4n) is 2.08. The Morgan fingerprint density at radius 3 is 2.82 bits per heavy atom. The van der Waals surface area contributed by atoms with Crippen molar-refractivity contribution in [1.29, 1.82) is 0 Å². The zero-order chi connectivity index (χ0) is 16.1. The monoisotopic (exact) mass is 329 g/mol. The van der Waals surface area contributed by atoms with Crippen LogP contribution in [0.4, 0.5) is 14.5 Å². The summed E-state index contributed by atoms with van der Waals surface area (Å²) in [5.41, 5.74) is 1.53. The number of halogens is 3. The molecule has 2 rings (SSSR count). The Kier molecular flexibility index (Phi) is 5.32. The van der Waals surface area contributed by atoms with Gasteiger partial charge in [0.2, 0.25) is 5.91 Å². The fourth-order valence-corrected chi connectivity index (χ4v) is 2.22. The van der Waals surface area contributed by atoms with Gasteiger partial charge in [0, 0.05) is 6.20 Å². The van der Waals surface area contributed by atoms with Crippen molar-refractivity contribution in [1.82, 2.24) is 10.2 Å². The average molecular weight is 330 g/mol. The van der Waals surface area contributed by atoms with Crippen LogP contribution in [0.25, 0.3) is 0 Å². The molecule has 0 atom stereocenters. The number of aromatic amines is 1. The van der Waals surface area contributed by atoms with Crippen LogP contribution in [-0.4, -0.2) is 28.6 Å². The maximum Gasteiger partial charge on any atom is 0.387 e. The summed E-state index contributed by atoms with van der Waals surface area (Å²) in [6.07, 6.45) is 1.53. The zero-order valence-corrected chi connectivity index (χ0v) is 12.5. The van der Waals surface area contributed by atoms with Crippen LogP contribution in [0.1, 0.15) is 11.3 Å². The summed E-state index contributed by atoms with van der Waals surface area (Å²) in [5.74, 6) is -0.783. The van der Waals surface area contributed by atoms with Gasteiger partial charge in [0.1, 0.15) is 11.6 Å². The topological polar surface area (TPSA) is 58.2 Å². The van der Waals surface area contributed by atoms with Gasteiger partial charge in [-0.25, -0.2) is 0 Å². The van der Waals surface area contributed by atoms with Crippen molar-refractivity contribution in [3.8, 4) is 5.75 Å². The van der Waals surface area contributed by atoms with E-state index in [9.17, 15) is 13.6 Å². The van der Waals surface area contributed by atoms with E-state index in [-0.39, 0.29) is 23.9 Å². The Morgan fingerprint density at radius 1 is 1.45 bits per heavy atom. The first-order valence-electron chi connectivity index (χ1n) is 6.42. The van der Waals surface area contributed by atoms with E-state index in [0.29, 0.717) is 11.3 Å². The van der Waals surface area contributed by atoms with Gasteiger partial charge in [-0.1, -0.05) is 12.1 Å². The lowest BCUT2D eigenvalue weighted by atomic mass is 10.1. The average Bonchev–Trinajstić information content (AvgIpc) is 2.97. The molecule has 0 fully saturated rings. The molecule has 0 saturated heterocycles. The third-order valence-corrected chi connectivity index (χ3v) is 3.22. The van der Waals surface area contributed by atoms with Crippen LogP contribution < -0.4 is 9.64 Å². The summed E-state index contributed by atoms with van der Waals surface area (Å²) < 4.78 is 29.7. The molecule has 0 aliphatic carbocycles. The Labute approximate surface area is 130 Å². The van der Waals surface area contributed by atoms with Crippen molar-refractivity contribution in [2.75, 3.05) is 10.8 Å². The second-order valence-electron chi connectivity index (χ2n) is 4.50. The summed E-state index contributed by atoms with van der Waals surface area (Å²) in [4.78, 5) is 13.4. The van der Waals surface area contributed by atoms with E-state index >= 15 is 0 Å². The van der Waals surface area contributed by atoms with E-state index in [1.54, 1.807) is 25.1 Å². The molecular formula is C14H14ClF2N3O2. The molecular weight excluding hydrogens is 316 g/mol. The Morgan fingerprint density at radius 2 is 2.23 bits per heavy atom. The van der Waals surface area contributed by atoms with Crippen molar-refractivity contribution in [2.24, 2.45) is 0 Å². The number of benzene rings is 1. The summed E-state index contributed by atoms with van der Waals surface area (Å²) in [6, 6.07) is 6.35. The van der Waals surface area contributed by atoms with Crippen molar-refractivity contribution < 1.29 is 18.3 Å². The number of anilines is 1. The van der Waals surface area contributed by atoms with Gasteiger partial charge in [0.05, 0.1) is 17.9 Å². The van der Waals surface area contributed by atoms with Crippen molar-refractivity contribution in [2.45, 2.75) is 20.1 Å². The number of nitrogens with zero attached hydrogens (tertiary/aromatic N) is 2. The van der Waals surface area contributed by atoms with Crippen LogP contribution in [0.2, 0.25) is 0 Å². The zero-order valence-electron chi connectivity index (χ0n) is 11.7. The summed E-state index contributed by atoms with van der Waals surface area (Å²) in [7, 11) is 0. The van der Waals surface area contributed by atoms with E-state index in [1.807, 2.05) is 0 Å². The molecule has 0 bridgehead atoms. The van der Waals surface area contributed by atoms with Crippen LogP contribution in [0, 0.1) is 6.92 Å². The molecule has 5 nitrogen and oxygen atoms in total. The van der Waals surface area contributed by atoms with E-state index < -0.39 is 12.5 Å². The van der Waals surface area contributed by atoms with Gasteiger partial charge < -0.3 is 9.64 Å². The maximum atomic E-state index is 12.6. The van der Waals surface area contributed by atoms with Crippen LogP contribution in [0.5, 0.6) is 5.75 Å². The lowest BCUT2D eigenvalue weighted by molar-refractivity contribution is -0.116. The molecule has 22 heavy (non-hydrogen) atoms. The molecule has 0 spiro atoms. The van der Waals surface area contributed by atoms with E-state index in [0.717, 1.165) is 0 Å². The Balaban J connectivity index is 2.44. The highest BCUT2D eigenvalue weighted by atomic mass is 35.5. The maximum absolute atomic E-state index is 12.6. The van der Waals surface area contributed by atoms with Crippen LogP contribution in [0.15, 0.2) is 30.5 Å². The minimum Gasteiger partial charge on any atom is -0.433 e. The molecule has 0 unspecified atom stereocenters. The molecule has 0 aliphatic rings. The number of hydrogen-bond donors (Lipinski definition) is 1. The summed E-state index contributed by atoms with van der Waals surface area (Å²) in [6.45, 7) is -1.16. The molecule has 0 saturated carbocycles. The molecule has 118 valence electrons. The highest BCUT2D eigenvalue weighted by Gasteiger charge is 2.23. The van der Waals surface area contributed by atoms with Crippen LogP contribution in [-0.2, 0) is 11.3 Å².